The Kier molecular flexibility index (Phi) is 5.02. The Balaban J connectivity index is 2.51. The second-order valence-electron chi connectivity index (χ2n) is 6.41. The number of aliphatic imine (C=N–C) groups is 1. The van der Waals surface area contributed by atoms with E-state index in [9.17, 15) is 5.11 Å². The van der Waals surface area contributed by atoms with Gasteiger partial charge in [0.1, 0.15) is 5.75 Å². The van der Waals surface area contributed by atoms with Gasteiger partial charge in [-0.1, -0.05) is 57.5 Å². The Morgan fingerprint density at radius 2 is 1.55 bits per heavy atom. The van der Waals surface area contributed by atoms with Crippen LogP contribution >= 0.6 is 0 Å². The van der Waals surface area contributed by atoms with E-state index < -0.39 is 0 Å². The zero-order chi connectivity index (χ0) is 16.3. The molecule has 0 heterocycles. The number of para-hydroxylation sites is 1. The van der Waals surface area contributed by atoms with Gasteiger partial charge in [0.05, 0.1) is 5.69 Å². The van der Waals surface area contributed by atoms with Crippen molar-refractivity contribution < 1.29 is 5.11 Å². The third-order valence-electron chi connectivity index (χ3n) is 3.86. The molecule has 0 amide bonds. The van der Waals surface area contributed by atoms with Gasteiger partial charge in [0, 0.05) is 11.8 Å². The fourth-order valence-electron chi connectivity index (χ4n) is 2.57. The minimum Gasteiger partial charge on any atom is -0.507 e. The van der Waals surface area contributed by atoms with Gasteiger partial charge < -0.3 is 5.11 Å². The van der Waals surface area contributed by atoms with Crippen molar-refractivity contribution >= 4 is 11.9 Å². The molecule has 1 N–H and O–H groups in total. The summed E-state index contributed by atoms with van der Waals surface area (Å²) in [5.41, 5.74) is 5.39. The average molecular weight is 295 g/mol. The van der Waals surface area contributed by atoms with Crippen molar-refractivity contribution in [2.75, 3.05) is 0 Å². The van der Waals surface area contributed by atoms with Crippen LogP contribution in [0.5, 0.6) is 5.75 Å². The van der Waals surface area contributed by atoms with Crippen LogP contribution in [0.2, 0.25) is 0 Å². The van der Waals surface area contributed by atoms with Gasteiger partial charge in [-0.05, 0) is 42.0 Å². The molecule has 0 aliphatic rings. The molecule has 0 saturated carbocycles. The number of aryl methyl sites for hydroxylation is 1. The van der Waals surface area contributed by atoms with Crippen molar-refractivity contribution in [2.24, 2.45) is 4.99 Å². The third-order valence-corrected chi connectivity index (χ3v) is 3.86. The molecule has 0 spiro atoms. The summed E-state index contributed by atoms with van der Waals surface area (Å²) >= 11 is 0. The van der Waals surface area contributed by atoms with Gasteiger partial charge in [0.25, 0.3) is 0 Å². The number of aromatic hydroxyl groups is 1. The monoisotopic (exact) mass is 295 g/mol. The first kappa shape index (κ1) is 16.3. The molecule has 2 heteroatoms. The van der Waals surface area contributed by atoms with Gasteiger partial charge in [-0.3, -0.25) is 4.99 Å². The number of phenolic OH excluding ortho intramolecular Hbond substituents is 1. The second kappa shape index (κ2) is 6.78. The van der Waals surface area contributed by atoms with Crippen molar-refractivity contribution in [1.29, 1.82) is 0 Å². The molecule has 2 aromatic rings. The van der Waals surface area contributed by atoms with E-state index in [-0.39, 0.29) is 5.75 Å². The molecule has 0 radical (unpaired) electrons. The van der Waals surface area contributed by atoms with E-state index in [2.05, 4.69) is 45.9 Å². The van der Waals surface area contributed by atoms with Crippen LogP contribution in [0.3, 0.4) is 0 Å². The number of nitrogens with zero attached hydrogens (tertiary/aromatic N) is 1. The fourth-order valence-corrected chi connectivity index (χ4v) is 2.57. The number of hydrogen-bond donors (Lipinski definition) is 1. The van der Waals surface area contributed by atoms with E-state index >= 15 is 0 Å². The van der Waals surface area contributed by atoms with Crippen LogP contribution in [0.4, 0.5) is 5.69 Å². The van der Waals surface area contributed by atoms with Crippen molar-refractivity contribution in [3.8, 4) is 5.75 Å². The summed E-state index contributed by atoms with van der Waals surface area (Å²) in [5, 5.41) is 9.98. The molecule has 0 fully saturated rings. The largest absolute Gasteiger partial charge is 0.507 e. The highest BCUT2D eigenvalue weighted by molar-refractivity contribution is 5.86. The van der Waals surface area contributed by atoms with Crippen LogP contribution in [-0.2, 0) is 0 Å². The van der Waals surface area contributed by atoms with E-state index in [4.69, 9.17) is 4.99 Å². The lowest BCUT2D eigenvalue weighted by Gasteiger charge is -2.16. The maximum atomic E-state index is 9.98. The molecule has 22 heavy (non-hydrogen) atoms. The highest BCUT2D eigenvalue weighted by Crippen LogP contribution is 2.34. The Bertz CT molecular complexity index is 658. The lowest BCUT2D eigenvalue weighted by atomic mass is 9.93. The van der Waals surface area contributed by atoms with Crippen LogP contribution in [0, 0.1) is 6.92 Å². The van der Waals surface area contributed by atoms with Crippen molar-refractivity contribution in [1.82, 2.24) is 0 Å². The number of rotatable bonds is 4. The van der Waals surface area contributed by atoms with Crippen LogP contribution in [0.1, 0.15) is 61.8 Å². The van der Waals surface area contributed by atoms with Gasteiger partial charge in [0.15, 0.2) is 0 Å². The zero-order valence-electron chi connectivity index (χ0n) is 14.1. The van der Waals surface area contributed by atoms with E-state index in [1.165, 1.54) is 11.1 Å². The van der Waals surface area contributed by atoms with Crippen molar-refractivity contribution in [3.05, 3.63) is 58.7 Å². The first-order chi connectivity index (χ1) is 10.4. The predicted molar refractivity (Wildman–Crippen MR) is 94.7 cm³/mol. The average Bonchev–Trinajstić information content (AvgIpc) is 2.47. The molecule has 0 unspecified atom stereocenters. The summed E-state index contributed by atoms with van der Waals surface area (Å²) in [5.74, 6) is 1.09. The van der Waals surface area contributed by atoms with Gasteiger partial charge in [-0.15, -0.1) is 0 Å². The summed E-state index contributed by atoms with van der Waals surface area (Å²) in [6.45, 7) is 10.7. The summed E-state index contributed by atoms with van der Waals surface area (Å²) in [6.07, 6.45) is 1.77. The molecule has 0 bridgehead atoms. The third kappa shape index (κ3) is 3.56. The summed E-state index contributed by atoms with van der Waals surface area (Å²) in [7, 11) is 0. The molecular weight excluding hydrogens is 270 g/mol. The first-order valence-corrected chi connectivity index (χ1v) is 7.86. The fraction of sp³-hybridized carbons (Fsp3) is 0.350. The topological polar surface area (TPSA) is 32.6 Å². The number of hydrogen-bond acceptors (Lipinski definition) is 2. The van der Waals surface area contributed by atoms with Crippen molar-refractivity contribution in [2.45, 2.75) is 46.5 Å². The Morgan fingerprint density at radius 3 is 2.09 bits per heavy atom. The molecule has 0 aromatic heterocycles. The summed E-state index contributed by atoms with van der Waals surface area (Å²) in [4.78, 5) is 4.74. The van der Waals surface area contributed by atoms with E-state index in [0.717, 1.165) is 16.8 Å². The standard InChI is InChI=1S/C20H25NO/c1-13(2)17-7-6-8-18(14(3)4)20(17)21-12-16-11-15(5)9-10-19(16)22/h6-14,22H,1-5H3/b21-12+. The summed E-state index contributed by atoms with van der Waals surface area (Å²) < 4.78 is 0. The smallest absolute Gasteiger partial charge is 0.124 e. The highest BCUT2D eigenvalue weighted by atomic mass is 16.3. The van der Waals surface area contributed by atoms with E-state index in [1.807, 2.05) is 19.1 Å². The van der Waals surface area contributed by atoms with Crippen LogP contribution in [0.25, 0.3) is 0 Å². The Hall–Kier alpha value is -2.09. The number of benzene rings is 2. The summed E-state index contributed by atoms with van der Waals surface area (Å²) in [6, 6.07) is 11.9. The lowest BCUT2D eigenvalue weighted by Crippen LogP contribution is -1.96. The zero-order valence-corrected chi connectivity index (χ0v) is 14.1. The molecule has 0 saturated heterocycles. The maximum absolute atomic E-state index is 9.98. The number of phenols is 1. The van der Waals surface area contributed by atoms with Crippen LogP contribution in [0.15, 0.2) is 41.4 Å². The second-order valence-corrected chi connectivity index (χ2v) is 6.41. The lowest BCUT2D eigenvalue weighted by molar-refractivity contribution is 0.474. The van der Waals surface area contributed by atoms with Crippen LogP contribution in [-0.4, -0.2) is 11.3 Å². The molecule has 0 aliphatic carbocycles. The molecule has 2 aromatic carbocycles. The minimum atomic E-state index is 0.266. The van der Waals surface area contributed by atoms with E-state index in [0.29, 0.717) is 11.8 Å². The van der Waals surface area contributed by atoms with Gasteiger partial charge >= 0.3 is 0 Å². The molecule has 0 aliphatic heterocycles. The minimum absolute atomic E-state index is 0.266. The Morgan fingerprint density at radius 1 is 0.955 bits per heavy atom. The van der Waals surface area contributed by atoms with Gasteiger partial charge in [0.2, 0.25) is 0 Å². The normalized spacial score (nSPS) is 11.8. The SMILES string of the molecule is Cc1ccc(O)c(/C=N/c2c(C(C)C)cccc2C(C)C)c1. The molecule has 0 atom stereocenters. The van der Waals surface area contributed by atoms with Crippen molar-refractivity contribution in [3.63, 3.8) is 0 Å². The molecule has 116 valence electrons. The molecule has 2 nitrogen and oxygen atoms in total. The first-order valence-electron chi connectivity index (χ1n) is 7.86. The quantitative estimate of drug-likeness (QED) is 0.721. The predicted octanol–water partition coefficient (Wildman–Crippen LogP) is 5.70. The molecular formula is C20H25NO. The van der Waals surface area contributed by atoms with Gasteiger partial charge in [-0.2, -0.15) is 0 Å². The van der Waals surface area contributed by atoms with Gasteiger partial charge in [-0.25, -0.2) is 0 Å². The molecule has 2 rings (SSSR count). The maximum Gasteiger partial charge on any atom is 0.124 e. The Labute approximate surface area is 133 Å². The highest BCUT2D eigenvalue weighted by Gasteiger charge is 2.12. The van der Waals surface area contributed by atoms with Crippen LogP contribution < -0.4 is 0 Å². The van der Waals surface area contributed by atoms with E-state index in [1.54, 1.807) is 12.3 Å².